The van der Waals surface area contributed by atoms with Crippen LogP contribution in [-0.4, -0.2) is 44.7 Å². The van der Waals surface area contributed by atoms with Crippen molar-refractivity contribution < 1.29 is 13.2 Å². The minimum absolute atomic E-state index is 0.139. The summed E-state index contributed by atoms with van der Waals surface area (Å²) in [6, 6.07) is 5.21. The summed E-state index contributed by atoms with van der Waals surface area (Å²) in [7, 11) is -3.51. The Morgan fingerprint density at radius 1 is 1.25 bits per heavy atom. The predicted molar refractivity (Wildman–Crippen MR) is 92.9 cm³/mol. The van der Waals surface area contributed by atoms with Gasteiger partial charge in [0, 0.05) is 23.7 Å². The highest BCUT2D eigenvalue weighted by molar-refractivity contribution is 7.91. The topological polar surface area (TPSA) is 84.4 Å². The van der Waals surface area contributed by atoms with Crippen molar-refractivity contribution in [2.45, 2.75) is 24.6 Å². The van der Waals surface area contributed by atoms with Crippen LogP contribution >= 0.6 is 11.3 Å². The van der Waals surface area contributed by atoms with E-state index < -0.39 is 10.0 Å². The van der Waals surface area contributed by atoms with Crippen molar-refractivity contribution in [2.75, 3.05) is 31.2 Å². The summed E-state index contributed by atoms with van der Waals surface area (Å²) in [5, 5.41) is 0. The lowest BCUT2D eigenvalue weighted by molar-refractivity contribution is 0.122. The van der Waals surface area contributed by atoms with Crippen LogP contribution in [-0.2, 0) is 21.3 Å². The number of sulfonamides is 1. The van der Waals surface area contributed by atoms with E-state index in [1.165, 1.54) is 11.3 Å². The third-order valence-corrected chi connectivity index (χ3v) is 6.51. The molecular formula is C15H20N4O3S2. The SMILES string of the molecule is Cc1cc(CNS(=O)(=O)c2ccc(C)s2)nc(N2CCOCC2)n1. The van der Waals surface area contributed by atoms with Gasteiger partial charge < -0.3 is 9.64 Å². The van der Waals surface area contributed by atoms with Crippen LogP contribution in [0.4, 0.5) is 5.95 Å². The van der Waals surface area contributed by atoms with Gasteiger partial charge in [-0.15, -0.1) is 11.3 Å². The highest BCUT2D eigenvalue weighted by Crippen LogP contribution is 2.20. The summed E-state index contributed by atoms with van der Waals surface area (Å²) in [6.45, 7) is 6.68. The number of anilines is 1. The van der Waals surface area contributed by atoms with Crippen LogP contribution in [0.5, 0.6) is 0 Å². The lowest BCUT2D eigenvalue weighted by Crippen LogP contribution is -2.37. The lowest BCUT2D eigenvalue weighted by atomic mass is 10.3. The number of nitrogens with one attached hydrogen (secondary N) is 1. The van der Waals surface area contributed by atoms with Crippen molar-refractivity contribution in [3.63, 3.8) is 0 Å². The molecule has 0 unspecified atom stereocenters. The van der Waals surface area contributed by atoms with Crippen LogP contribution in [0.25, 0.3) is 0 Å². The first-order valence-corrected chi connectivity index (χ1v) is 9.97. The fraction of sp³-hybridized carbons (Fsp3) is 0.467. The van der Waals surface area contributed by atoms with Crippen molar-refractivity contribution in [2.24, 2.45) is 0 Å². The third-order valence-electron chi connectivity index (χ3n) is 3.61. The van der Waals surface area contributed by atoms with E-state index in [4.69, 9.17) is 4.74 Å². The molecular weight excluding hydrogens is 348 g/mol. The van der Waals surface area contributed by atoms with Gasteiger partial charge in [-0.25, -0.2) is 23.1 Å². The van der Waals surface area contributed by atoms with Crippen LogP contribution in [0.1, 0.15) is 16.3 Å². The van der Waals surface area contributed by atoms with Crippen molar-refractivity contribution in [1.29, 1.82) is 0 Å². The molecule has 1 N–H and O–H groups in total. The third kappa shape index (κ3) is 4.10. The van der Waals surface area contributed by atoms with E-state index in [2.05, 4.69) is 19.6 Å². The fourth-order valence-corrected chi connectivity index (χ4v) is 4.74. The zero-order valence-electron chi connectivity index (χ0n) is 13.7. The molecule has 0 spiro atoms. The summed E-state index contributed by atoms with van der Waals surface area (Å²) < 4.78 is 32.9. The number of rotatable bonds is 5. The highest BCUT2D eigenvalue weighted by atomic mass is 32.2. The largest absolute Gasteiger partial charge is 0.378 e. The Morgan fingerprint density at radius 3 is 2.67 bits per heavy atom. The maximum atomic E-state index is 12.3. The molecule has 9 heteroatoms. The molecule has 0 aliphatic carbocycles. The van der Waals surface area contributed by atoms with E-state index in [0.29, 0.717) is 29.1 Å². The molecule has 0 saturated carbocycles. The predicted octanol–water partition coefficient (Wildman–Crippen LogP) is 1.47. The number of aryl methyl sites for hydroxylation is 2. The number of hydrogen-bond donors (Lipinski definition) is 1. The van der Waals surface area contributed by atoms with Gasteiger partial charge in [0.15, 0.2) is 0 Å². The van der Waals surface area contributed by atoms with Crippen LogP contribution in [0.2, 0.25) is 0 Å². The van der Waals surface area contributed by atoms with Gasteiger partial charge in [-0.2, -0.15) is 0 Å². The second-order valence-electron chi connectivity index (χ2n) is 5.59. The Hall–Kier alpha value is -1.55. The normalized spacial score (nSPS) is 15.7. The van der Waals surface area contributed by atoms with Crippen LogP contribution in [0, 0.1) is 13.8 Å². The Balaban J connectivity index is 1.74. The molecule has 2 aromatic heterocycles. The molecule has 1 saturated heterocycles. The van der Waals surface area contributed by atoms with Crippen LogP contribution < -0.4 is 9.62 Å². The van der Waals surface area contributed by atoms with Crippen molar-refractivity contribution in [1.82, 2.24) is 14.7 Å². The first-order valence-electron chi connectivity index (χ1n) is 7.67. The van der Waals surface area contributed by atoms with Gasteiger partial charge in [0.25, 0.3) is 0 Å². The summed E-state index contributed by atoms with van der Waals surface area (Å²) in [5.74, 6) is 0.625. The highest BCUT2D eigenvalue weighted by Gasteiger charge is 2.18. The lowest BCUT2D eigenvalue weighted by Gasteiger charge is -2.27. The summed E-state index contributed by atoms with van der Waals surface area (Å²) in [4.78, 5) is 12.0. The molecule has 3 rings (SSSR count). The van der Waals surface area contributed by atoms with Crippen LogP contribution in [0.15, 0.2) is 22.4 Å². The fourth-order valence-electron chi connectivity index (χ4n) is 2.41. The number of morpholine rings is 1. The number of aromatic nitrogens is 2. The van der Waals surface area contributed by atoms with Gasteiger partial charge in [-0.05, 0) is 32.0 Å². The standard InChI is InChI=1S/C15H20N4O3S2/c1-11-9-13(18-15(17-11)19-5-7-22-8-6-19)10-16-24(20,21)14-4-3-12(2)23-14/h3-4,9,16H,5-8,10H2,1-2H3. The summed E-state index contributed by atoms with van der Waals surface area (Å²) >= 11 is 1.25. The van der Waals surface area contributed by atoms with E-state index in [9.17, 15) is 8.42 Å². The van der Waals surface area contributed by atoms with Crippen molar-refractivity contribution >= 4 is 27.3 Å². The average Bonchev–Trinajstić information content (AvgIpc) is 3.01. The monoisotopic (exact) mass is 368 g/mol. The van der Waals surface area contributed by atoms with Crippen LogP contribution in [0.3, 0.4) is 0 Å². The quantitative estimate of drug-likeness (QED) is 0.860. The molecule has 1 fully saturated rings. The Kier molecular flexibility index (Phi) is 5.14. The van der Waals surface area contributed by atoms with Gasteiger partial charge in [0.05, 0.1) is 25.5 Å². The number of ether oxygens (including phenoxy) is 1. The number of nitrogens with zero attached hydrogens (tertiary/aromatic N) is 3. The zero-order chi connectivity index (χ0) is 17.2. The molecule has 1 aliphatic rings. The molecule has 2 aromatic rings. The number of hydrogen-bond acceptors (Lipinski definition) is 7. The van der Waals surface area contributed by atoms with Crippen molar-refractivity contribution in [3.05, 3.63) is 34.5 Å². The van der Waals surface area contributed by atoms with Gasteiger partial charge >= 0.3 is 0 Å². The van der Waals surface area contributed by atoms with Gasteiger partial charge in [0.2, 0.25) is 16.0 Å². The zero-order valence-corrected chi connectivity index (χ0v) is 15.3. The van der Waals surface area contributed by atoms with E-state index in [1.54, 1.807) is 18.2 Å². The molecule has 0 aromatic carbocycles. The molecule has 24 heavy (non-hydrogen) atoms. The Labute approximate surface area is 145 Å². The molecule has 3 heterocycles. The molecule has 0 atom stereocenters. The average molecular weight is 368 g/mol. The van der Waals surface area contributed by atoms with E-state index >= 15 is 0 Å². The first kappa shape index (κ1) is 17.3. The maximum absolute atomic E-state index is 12.3. The molecule has 0 amide bonds. The second-order valence-corrected chi connectivity index (χ2v) is 8.87. The Morgan fingerprint density at radius 2 is 2.00 bits per heavy atom. The second kappa shape index (κ2) is 7.14. The summed E-state index contributed by atoms with van der Waals surface area (Å²) in [6.07, 6.45) is 0. The van der Waals surface area contributed by atoms with E-state index in [0.717, 1.165) is 23.7 Å². The molecule has 0 bridgehead atoms. The van der Waals surface area contributed by atoms with Gasteiger partial charge in [-0.1, -0.05) is 0 Å². The Bertz CT molecular complexity index is 814. The molecule has 0 radical (unpaired) electrons. The van der Waals surface area contributed by atoms with Gasteiger partial charge in [0.1, 0.15) is 4.21 Å². The summed E-state index contributed by atoms with van der Waals surface area (Å²) in [5.41, 5.74) is 1.47. The van der Waals surface area contributed by atoms with Gasteiger partial charge in [-0.3, -0.25) is 0 Å². The maximum Gasteiger partial charge on any atom is 0.250 e. The minimum Gasteiger partial charge on any atom is -0.378 e. The molecule has 7 nitrogen and oxygen atoms in total. The van der Waals surface area contributed by atoms with E-state index in [1.807, 2.05) is 13.8 Å². The molecule has 130 valence electrons. The number of thiophene rings is 1. The van der Waals surface area contributed by atoms with E-state index in [-0.39, 0.29) is 6.54 Å². The van der Waals surface area contributed by atoms with Crippen molar-refractivity contribution in [3.8, 4) is 0 Å². The molecule has 1 aliphatic heterocycles. The minimum atomic E-state index is -3.51. The smallest absolute Gasteiger partial charge is 0.250 e. The first-order chi connectivity index (χ1) is 11.4.